The van der Waals surface area contributed by atoms with E-state index in [1.54, 1.807) is 0 Å². The minimum Gasteiger partial charge on any atom is -0.372 e. The lowest BCUT2D eigenvalue weighted by molar-refractivity contribution is 0.477. The van der Waals surface area contributed by atoms with E-state index in [1.165, 1.54) is 31.4 Å². The Hall–Kier alpha value is -1.02. The van der Waals surface area contributed by atoms with Crippen molar-refractivity contribution in [2.75, 3.05) is 24.5 Å². The molecule has 1 rings (SSSR count). The van der Waals surface area contributed by atoms with E-state index < -0.39 is 0 Å². The van der Waals surface area contributed by atoms with E-state index in [0.717, 1.165) is 19.6 Å². The van der Waals surface area contributed by atoms with Gasteiger partial charge in [0, 0.05) is 18.8 Å². The molecule has 1 atom stereocenters. The van der Waals surface area contributed by atoms with Gasteiger partial charge in [0.15, 0.2) is 0 Å². The predicted octanol–water partition coefficient (Wildman–Crippen LogP) is 3.67. The Morgan fingerprint density at radius 3 is 2.39 bits per heavy atom. The van der Waals surface area contributed by atoms with Gasteiger partial charge in [0.2, 0.25) is 0 Å². The normalized spacial score (nSPS) is 12.4. The molecule has 1 aromatic carbocycles. The summed E-state index contributed by atoms with van der Waals surface area (Å²) < 4.78 is 0. The summed E-state index contributed by atoms with van der Waals surface area (Å²) in [6.07, 6.45) is 4.89. The first-order valence-electron chi connectivity index (χ1n) is 7.31. The summed E-state index contributed by atoms with van der Waals surface area (Å²) in [7, 11) is 0. The van der Waals surface area contributed by atoms with E-state index >= 15 is 0 Å². The number of anilines is 1. The maximum absolute atomic E-state index is 5.79. The number of unbranched alkanes of at least 4 members (excludes halogenated alkanes) is 1. The van der Waals surface area contributed by atoms with Crippen LogP contribution in [0.3, 0.4) is 0 Å². The van der Waals surface area contributed by atoms with Gasteiger partial charge in [0.25, 0.3) is 0 Å². The molecule has 0 aliphatic rings. The van der Waals surface area contributed by atoms with E-state index in [1.807, 2.05) is 0 Å². The van der Waals surface area contributed by atoms with Crippen LogP contribution in [0.5, 0.6) is 0 Å². The van der Waals surface area contributed by atoms with E-state index in [4.69, 9.17) is 5.73 Å². The van der Waals surface area contributed by atoms with Crippen LogP contribution in [0.25, 0.3) is 0 Å². The van der Waals surface area contributed by atoms with Crippen molar-refractivity contribution in [2.45, 2.75) is 39.5 Å². The molecule has 1 unspecified atom stereocenters. The number of para-hydroxylation sites is 1. The van der Waals surface area contributed by atoms with Crippen molar-refractivity contribution in [3.63, 3.8) is 0 Å². The standard InChI is InChI=1S/C16H28N2/c1-3-5-12-18(13-11-15(4-2)14-17)16-9-7-6-8-10-16/h6-10,15H,3-5,11-14,17H2,1-2H3. The monoisotopic (exact) mass is 248 g/mol. The first kappa shape index (κ1) is 15.0. The zero-order valence-electron chi connectivity index (χ0n) is 11.9. The smallest absolute Gasteiger partial charge is 0.0366 e. The fourth-order valence-electron chi connectivity index (χ4n) is 2.18. The molecule has 0 spiro atoms. The molecule has 0 aliphatic heterocycles. The highest BCUT2D eigenvalue weighted by molar-refractivity contribution is 5.45. The molecule has 0 bridgehead atoms. The average Bonchev–Trinajstić information content (AvgIpc) is 2.44. The zero-order chi connectivity index (χ0) is 13.2. The molecule has 0 saturated heterocycles. The number of benzene rings is 1. The summed E-state index contributed by atoms with van der Waals surface area (Å²) in [5, 5.41) is 0. The Labute approximate surface area is 112 Å². The maximum atomic E-state index is 5.79. The van der Waals surface area contributed by atoms with Crippen LogP contribution in [0.1, 0.15) is 39.5 Å². The predicted molar refractivity (Wildman–Crippen MR) is 81.0 cm³/mol. The van der Waals surface area contributed by atoms with Gasteiger partial charge in [-0.15, -0.1) is 0 Å². The molecular weight excluding hydrogens is 220 g/mol. The second kappa shape index (κ2) is 8.98. The summed E-state index contributed by atoms with van der Waals surface area (Å²) in [6, 6.07) is 10.7. The molecule has 2 N–H and O–H groups in total. The van der Waals surface area contributed by atoms with Crippen molar-refractivity contribution in [1.29, 1.82) is 0 Å². The van der Waals surface area contributed by atoms with Gasteiger partial charge in [-0.1, -0.05) is 44.9 Å². The lowest BCUT2D eigenvalue weighted by Crippen LogP contribution is -2.28. The molecule has 0 aromatic heterocycles. The average molecular weight is 248 g/mol. The third-order valence-corrected chi connectivity index (χ3v) is 3.62. The van der Waals surface area contributed by atoms with Crippen molar-refractivity contribution in [1.82, 2.24) is 0 Å². The van der Waals surface area contributed by atoms with Crippen LogP contribution in [0.15, 0.2) is 30.3 Å². The molecule has 1 aromatic rings. The molecule has 2 nitrogen and oxygen atoms in total. The molecule has 0 heterocycles. The minimum absolute atomic E-state index is 0.665. The zero-order valence-corrected chi connectivity index (χ0v) is 11.9. The van der Waals surface area contributed by atoms with Gasteiger partial charge < -0.3 is 10.6 Å². The van der Waals surface area contributed by atoms with Crippen LogP contribution < -0.4 is 10.6 Å². The van der Waals surface area contributed by atoms with Crippen molar-refractivity contribution in [3.8, 4) is 0 Å². The Bertz CT molecular complexity index is 293. The lowest BCUT2D eigenvalue weighted by atomic mass is 10.0. The number of nitrogens with two attached hydrogens (primary N) is 1. The summed E-state index contributed by atoms with van der Waals surface area (Å²) in [4.78, 5) is 2.50. The highest BCUT2D eigenvalue weighted by Gasteiger charge is 2.09. The van der Waals surface area contributed by atoms with E-state index in [-0.39, 0.29) is 0 Å². The van der Waals surface area contributed by atoms with Crippen LogP contribution in [0.4, 0.5) is 5.69 Å². The number of hydrogen-bond donors (Lipinski definition) is 1. The maximum Gasteiger partial charge on any atom is 0.0366 e. The van der Waals surface area contributed by atoms with E-state index in [9.17, 15) is 0 Å². The summed E-state index contributed by atoms with van der Waals surface area (Å²) in [6.45, 7) is 7.57. The highest BCUT2D eigenvalue weighted by Crippen LogP contribution is 2.16. The van der Waals surface area contributed by atoms with Gasteiger partial charge in [-0.25, -0.2) is 0 Å². The molecule has 0 aliphatic carbocycles. The van der Waals surface area contributed by atoms with Crippen molar-refractivity contribution < 1.29 is 0 Å². The number of rotatable bonds is 9. The van der Waals surface area contributed by atoms with Gasteiger partial charge in [0.1, 0.15) is 0 Å². The van der Waals surface area contributed by atoms with Gasteiger partial charge in [-0.2, -0.15) is 0 Å². The summed E-state index contributed by atoms with van der Waals surface area (Å²) in [5.74, 6) is 0.665. The fraction of sp³-hybridized carbons (Fsp3) is 0.625. The Balaban J connectivity index is 2.56. The van der Waals surface area contributed by atoms with Gasteiger partial charge in [-0.3, -0.25) is 0 Å². The second-order valence-electron chi connectivity index (χ2n) is 4.97. The summed E-state index contributed by atoms with van der Waals surface area (Å²) >= 11 is 0. The minimum atomic E-state index is 0.665. The van der Waals surface area contributed by atoms with E-state index in [2.05, 4.69) is 49.1 Å². The van der Waals surface area contributed by atoms with E-state index in [0.29, 0.717) is 5.92 Å². The lowest BCUT2D eigenvalue weighted by Gasteiger charge is -2.26. The molecule has 0 radical (unpaired) electrons. The van der Waals surface area contributed by atoms with Crippen LogP contribution in [0.2, 0.25) is 0 Å². The second-order valence-corrected chi connectivity index (χ2v) is 4.97. The van der Waals surface area contributed by atoms with Crippen LogP contribution >= 0.6 is 0 Å². The van der Waals surface area contributed by atoms with Gasteiger partial charge in [0.05, 0.1) is 0 Å². The topological polar surface area (TPSA) is 29.3 Å². The van der Waals surface area contributed by atoms with Crippen molar-refractivity contribution in [3.05, 3.63) is 30.3 Å². The Morgan fingerprint density at radius 1 is 1.11 bits per heavy atom. The molecule has 2 heteroatoms. The number of nitrogens with zero attached hydrogens (tertiary/aromatic N) is 1. The molecule has 102 valence electrons. The SMILES string of the molecule is CCCCN(CCC(CC)CN)c1ccccc1. The molecular formula is C16H28N2. The van der Waals surface area contributed by atoms with Crippen LogP contribution in [0, 0.1) is 5.92 Å². The molecule has 0 amide bonds. The Morgan fingerprint density at radius 2 is 1.83 bits per heavy atom. The van der Waals surface area contributed by atoms with Crippen molar-refractivity contribution in [2.24, 2.45) is 11.7 Å². The summed E-state index contributed by atoms with van der Waals surface area (Å²) in [5.41, 5.74) is 7.14. The van der Waals surface area contributed by atoms with Gasteiger partial charge >= 0.3 is 0 Å². The molecule has 0 saturated carbocycles. The fourth-order valence-corrected chi connectivity index (χ4v) is 2.18. The van der Waals surface area contributed by atoms with Crippen LogP contribution in [-0.4, -0.2) is 19.6 Å². The van der Waals surface area contributed by atoms with Crippen LogP contribution in [-0.2, 0) is 0 Å². The van der Waals surface area contributed by atoms with Crippen molar-refractivity contribution >= 4 is 5.69 Å². The first-order valence-corrected chi connectivity index (χ1v) is 7.31. The highest BCUT2D eigenvalue weighted by atomic mass is 15.1. The first-order chi connectivity index (χ1) is 8.81. The quantitative estimate of drug-likeness (QED) is 0.722. The number of hydrogen-bond acceptors (Lipinski definition) is 2. The third kappa shape index (κ3) is 5.09. The third-order valence-electron chi connectivity index (χ3n) is 3.62. The largest absolute Gasteiger partial charge is 0.372 e. The van der Waals surface area contributed by atoms with Gasteiger partial charge in [-0.05, 0) is 37.4 Å². The Kier molecular flexibility index (Phi) is 7.51. The molecule has 0 fully saturated rings. The molecule has 18 heavy (non-hydrogen) atoms.